The highest BCUT2D eigenvalue weighted by molar-refractivity contribution is 8.13. The molecule has 1 atom stereocenters. The number of nitrogens with zero attached hydrogens (tertiary/aromatic N) is 1. The molecule has 9 heteroatoms. The summed E-state index contributed by atoms with van der Waals surface area (Å²) in [6.45, 7) is 1.53. The third-order valence-corrected chi connectivity index (χ3v) is 7.89. The van der Waals surface area contributed by atoms with Crippen LogP contribution in [0.15, 0.2) is 65.8 Å². The summed E-state index contributed by atoms with van der Waals surface area (Å²) in [5.41, 5.74) is 1.37. The summed E-state index contributed by atoms with van der Waals surface area (Å²) in [6.07, 6.45) is 7.14. The van der Waals surface area contributed by atoms with Crippen LogP contribution in [0.5, 0.6) is 0 Å². The van der Waals surface area contributed by atoms with Gasteiger partial charge in [0.15, 0.2) is 0 Å². The molecule has 1 aromatic heterocycles. The topological polar surface area (TPSA) is 73.2 Å². The minimum atomic E-state index is -4.02. The van der Waals surface area contributed by atoms with Crippen molar-refractivity contribution in [1.29, 1.82) is 0 Å². The molecule has 26 heavy (non-hydrogen) atoms. The van der Waals surface area contributed by atoms with E-state index in [0.717, 1.165) is 22.4 Å². The van der Waals surface area contributed by atoms with E-state index in [-0.39, 0.29) is 17.1 Å². The summed E-state index contributed by atoms with van der Waals surface area (Å²) >= 11 is 0. The van der Waals surface area contributed by atoms with Gasteiger partial charge in [0.2, 0.25) is 10.0 Å². The van der Waals surface area contributed by atoms with Crippen molar-refractivity contribution >= 4 is 35.3 Å². The Hall–Kier alpha value is -1.90. The summed E-state index contributed by atoms with van der Waals surface area (Å²) in [5.74, 6) is -0.375. The predicted molar refractivity (Wildman–Crippen MR) is 98.3 cm³/mol. The molecule has 1 aromatic carbocycles. The van der Waals surface area contributed by atoms with Crippen LogP contribution in [0.4, 0.5) is 4.39 Å². The van der Waals surface area contributed by atoms with Crippen molar-refractivity contribution in [3.8, 4) is 0 Å². The number of hydrogen-bond acceptors (Lipinski definition) is 4. The molecule has 0 bridgehead atoms. The molecule has 0 radical (unpaired) electrons. The number of benzene rings is 1. The summed E-state index contributed by atoms with van der Waals surface area (Å²) in [4.78, 5) is -0.290. The molecule has 5 nitrogen and oxygen atoms in total. The minimum absolute atomic E-state index is 0.152. The van der Waals surface area contributed by atoms with Gasteiger partial charge in [0.25, 0.3) is 9.05 Å². The van der Waals surface area contributed by atoms with Crippen LogP contribution in [0, 0.1) is 5.82 Å². The normalized spacial score (nSPS) is 20.8. The number of hydrogen-bond donors (Lipinski definition) is 0. The Labute approximate surface area is 155 Å². The fraction of sp³-hybridized carbons (Fsp3) is 0.176. The van der Waals surface area contributed by atoms with Crippen molar-refractivity contribution in [1.82, 2.24) is 3.97 Å². The third kappa shape index (κ3) is 3.36. The van der Waals surface area contributed by atoms with Gasteiger partial charge in [0, 0.05) is 23.1 Å². The second kappa shape index (κ2) is 6.37. The van der Waals surface area contributed by atoms with E-state index in [1.54, 1.807) is 24.3 Å². The summed E-state index contributed by atoms with van der Waals surface area (Å²) < 4.78 is 61.5. The molecule has 0 saturated heterocycles. The van der Waals surface area contributed by atoms with Crippen LogP contribution < -0.4 is 0 Å². The highest BCUT2D eigenvalue weighted by Gasteiger charge is 2.39. The van der Waals surface area contributed by atoms with Gasteiger partial charge in [-0.1, -0.05) is 30.4 Å². The van der Waals surface area contributed by atoms with Crippen LogP contribution in [0.3, 0.4) is 0 Å². The summed E-state index contributed by atoms with van der Waals surface area (Å²) in [7, 11) is -2.69. The Bertz CT molecular complexity index is 1130. The number of aromatic nitrogens is 1. The highest BCUT2D eigenvalue weighted by atomic mass is 35.7. The monoisotopic (exact) mass is 415 g/mol. The van der Waals surface area contributed by atoms with Gasteiger partial charge in [-0.3, -0.25) is 3.97 Å². The van der Waals surface area contributed by atoms with E-state index in [2.05, 4.69) is 0 Å². The van der Waals surface area contributed by atoms with Gasteiger partial charge in [0.1, 0.15) is 15.5 Å². The van der Waals surface area contributed by atoms with Gasteiger partial charge in [0.05, 0.1) is 0 Å². The second-order valence-electron chi connectivity index (χ2n) is 6.14. The predicted octanol–water partition coefficient (Wildman–Crippen LogP) is 3.53. The second-order valence-corrected chi connectivity index (χ2v) is 11.0. The molecule has 0 amide bonds. The van der Waals surface area contributed by atoms with Crippen LogP contribution in [0.25, 0.3) is 5.57 Å². The summed E-state index contributed by atoms with van der Waals surface area (Å²) in [5, 5.41) is 0. The molecule has 2 aromatic rings. The van der Waals surface area contributed by atoms with E-state index in [4.69, 9.17) is 10.7 Å². The molecule has 1 heterocycles. The van der Waals surface area contributed by atoms with Crippen LogP contribution in [0.1, 0.15) is 18.9 Å². The van der Waals surface area contributed by atoms with E-state index in [1.165, 1.54) is 25.1 Å². The van der Waals surface area contributed by atoms with E-state index in [9.17, 15) is 21.2 Å². The lowest BCUT2D eigenvalue weighted by atomic mass is 9.93. The zero-order chi connectivity index (χ0) is 19.2. The van der Waals surface area contributed by atoms with Crippen LogP contribution in [-0.2, 0) is 19.1 Å². The molecule has 1 aliphatic rings. The van der Waals surface area contributed by atoms with Crippen molar-refractivity contribution in [2.75, 3.05) is 0 Å². The maximum atomic E-state index is 13.4. The van der Waals surface area contributed by atoms with Crippen LogP contribution >= 0.6 is 10.7 Å². The van der Waals surface area contributed by atoms with Gasteiger partial charge in [-0.05, 0) is 42.7 Å². The maximum absolute atomic E-state index is 13.4. The average molecular weight is 416 g/mol. The minimum Gasteiger partial charge on any atom is -0.251 e. The highest BCUT2D eigenvalue weighted by Crippen LogP contribution is 2.34. The smallest absolute Gasteiger partial charge is 0.251 e. The van der Waals surface area contributed by atoms with E-state index in [0.29, 0.717) is 11.1 Å². The van der Waals surface area contributed by atoms with Crippen LogP contribution in [-0.4, -0.2) is 25.6 Å². The molecule has 0 aliphatic heterocycles. The first-order valence-corrected chi connectivity index (χ1v) is 11.3. The first-order valence-electron chi connectivity index (χ1n) is 7.56. The van der Waals surface area contributed by atoms with Gasteiger partial charge < -0.3 is 0 Å². The van der Waals surface area contributed by atoms with E-state index < -0.39 is 23.8 Å². The molecule has 1 aliphatic carbocycles. The van der Waals surface area contributed by atoms with Gasteiger partial charge in [-0.2, -0.15) is 0 Å². The van der Waals surface area contributed by atoms with Crippen molar-refractivity contribution in [3.63, 3.8) is 0 Å². The Morgan fingerprint density at radius 3 is 2.46 bits per heavy atom. The number of rotatable bonds is 4. The number of allylic oxidation sites excluding steroid dienone is 3. The lowest BCUT2D eigenvalue weighted by molar-refractivity contribution is 0.553. The standard InChI is InChI=1S/C17H15ClFNO4S2/c1-17(26(23,24)20-10-7-16(12-20)25(18,21)22)8-5-13(6-9-17)14-3-2-4-15(19)11-14/h2-8,10-12H,9H2,1H3. The fourth-order valence-electron chi connectivity index (χ4n) is 2.68. The molecule has 3 rings (SSSR count). The average Bonchev–Trinajstić information content (AvgIpc) is 3.06. The Morgan fingerprint density at radius 2 is 1.92 bits per heavy atom. The molecule has 0 spiro atoms. The zero-order valence-electron chi connectivity index (χ0n) is 13.6. The fourth-order valence-corrected chi connectivity index (χ4v) is 4.97. The summed E-state index contributed by atoms with van der Waals surface area (Å²) in [6, 6.07) is 7.15. The largest absolute Gasteiger partial charge is 0.262 e. The molecule has 0 saturated carbocycles. The van der Waals surface area contributed by atoms with Crippen molar-refractivity contribution in [3.05, 3.63) is 72.3 Å². The Balaban J connectivity index is 1.93. The molecular weight excluding hydrogens is 401 g/mol. The maximum Gasteiger partial charge on any atom is 0.262 e. The zero-order valence-corrected chi connectivity index (χ0v) is 16.0. The molecule has 1 unspecified atom stereocenters. The molecular formula is C17H15ClFNO4S2. The van der Waals surface area contributed by atoms with E-state index >= 15 is 0 Å². The van der Waals surface area contributed by atoms with Crippen molar-refractivity contribution in [2.24, 2.45) is 0 Å². The number of halogens is 2. The SMILES string of the molecule is CC1(S(=O)(=O)n2ccc(S(=O)(=O)Cl)c2)C=CC(c2cccc(F)c2)=CC1. The van der Waals surface area contributed by atoms with E-state index in [1.807, 2.05) is 0 Å². The van der Waals surface area contributed by atoms with Crippen LogP contribution in [0.2, 0.25) is 0 Å². The Kier molecular flexibility index (Phi) is 4.62. The first-order chi connectivity index (χ1) is 12.0. The Morgan fingerprint density at radius 1 is 1.19 bits per heavy atom. The molecule has 138 valence electrons. The van der Waals surface area contributed by atoms with Gasteiger partial charge >= 0.3 is 0 Å². The quantitative estimate of drug-likeness (QED) is 0.716. The van der Waals surface area contributed by atoms with Crippen molar-refractivity contribution < 1.29 is 21.2 Å². The first kappa shape index (κ1) is 18.9. The lowest BCUT2D eigenvalue weighted by Crippen LogP contribution is -2.37. The van der Waals surface area contributed by atoms with Gasteiger partial charge in [-0.15, -0.1) is 0 Å². The van der Waals surface area contributed by atoms with Crippen molar-refractivity contribution in [2.45, 2.75) is 23.0 Å². The molecule has 0 fully saturated rings. The van der Waals surface area contributed by atoms with Gasteiger partial charge in [-0.25, -0.2) is 21.2 Å². The molecule has 0 N–H and O–H groups in total. The lowest BCUT2D eigenvalue weighted by Gasteiger charge is -2.28. The third-order valence-electron chi connectivity index (χ3n) is 4.29.